The summed E-state index contributed by atoms with van der Waals surface area (Å²) in [6.07, 6.45) is 3.47. The van der Waals surface area contributed by atoms with Crippen LogP contribution in [-0.4, -0.2) is 27.2 Å². The molecule has 2 aliphatic carbocycles. The summed E-state index contributed by atoms with van der Waals surface area (Å²) in [6, 6.07) is 14.4. The minimum atomic E-state index is -0.946. The maximum Gasteiger partial charge on any atom is 0.341 e. The second-order valence-electron chi connectivity index (χ2n) is 8.16. The highest BCUT2D eigenvalue weighted by atomic mass is 16.5. The monoisotopic (exact) mass is 388 g/mol. The third-order valence-electron chi connectivity index (χ3n) is 6.36. The van der Waals surface area contributed by atoms with Crippen molar-refractivity contribution in [1.82, 2.24) is 9.55 Å². The maximum atomic E-state index is 11.0. The molecule has 2 unspecified atom stereocenters. The van der Waals surface area contributed by atoms with Crippen molar-refractivity contribution in [2.24, 2.45) is 0 Å². The number of nitrogens with zero attached hydrogens (tertiary/aromatic N) is 2. The van der Waals surface area contributed by atoms with Crippen LogP contribution in [-0.2, 0) is 4.79 Å². The predicted molar refractivity (Wildman–Crippen MR) is 111 cm³/mol. The molecule has 1 fully saturated rings. The molecule has 1 aromatic carbocycles. The Hall–Kier alpha value is -3.08. The van der Waals surface area contributed by atoms with E-state index in [0.717, 1.165) is 47.1 Å². The lowest BCUT2D eigenvalue weighted by molar-refractivity contribution is -0.139. The average Bonchev–Trinajstić information content (AvgIpc) is 3.42. The van der Waals surface area contributed by atoms with Crippen molar-refractivity contribution in [2.45, 2.75) is 44.9 Å². The molecule has 0 saturated heterocycles. The molecule has 3 aromatic rings. The lowest BCUT2D eigenvalue weighted by Crippen LogP contribution is -2.12. The standard InChI is InChI=1S/C24H24N2O3/c1-14-6-7-15(2)26(14)21-5-3-4-19(25-21)18-10-11-20(29-13-22(27)28)24-17-9-8-16(12-17)23(18)24/h3-7,10-11,16-17H,8-9,12-13H2,1-2H3,(H,27,28). The number of carbonyl (C=O) groups is 1. The highest BCUT2D eigenvalue weighted by Gasteiger charge is 2.41. The molecule has 29 heavy (non-hydrogen) atoms. The normalized spacial score (nSPS) is 19.4. The molecule has 5 nitrogen and oxygen atoms in total. The van der Waals surface area contributed by atoms with Gasteiger partial charge in [0, 0.05) is 22.5 Å². The van der Waals surface area contributed by atoms with Gasteiger partial charge >= 0.3 is 5.97 Å². The lowest BCUT2D eigenvalue weighted by Gasteiger charge is -2.22. The summed E-state index contributed by atoms with van der Waals surface area (Å²) in [7, 11) is 0. The number of pyridine rings is 1. The Kier molecular flexibility index (Phi) is 4.19. The van der Waals surface area contributed by atoms with Crippen molar-refractivity contribution in [3.63, 3.8) is 0 Å². The van der Waals surface area contributed by atoms with Crippen molar-refractivity contribution in [3.8, 4) is 22.8 Å². The van der Waals surface area contributed by atoms with Crippen molar-refractivity contribution in [1.29, 1.82) is 0 Å². The van der Waals surface area contributed by atoms with Crippen molar-refractivity contribution in [3.05, 3.63) is 65.0 Å². The van der Waals surface area contributed by atoms with Crippen LogP contribution in [0.1, 0.15) is 53.6 Å². The molecule has 1 N–H and O–H groups in total. The van der Waals surface area contributed by atoms with E-state index >= 15 is 0 Å². The Morgan fingerprint density at radius 3 is 2.52 bits per heavy atom. The molecule has 2 atom stereocenters. The van der Waals surface area contributed by atoms with Crippen LogP contribution in [0.2, 0.25) is 0 Å². The molecule has 2 aliphatic rings. The molecule has 2 bridgehead atoms. The Bertz CT molecular complexity index is 1100. The maximum absolute atomic E-state index is 11.0. The van der Waals surface area contributed by atoms with E-state index in [1.165, 1.54) is 17.5 Å². The summed E-state index contributed by atoms with van der Waals surface area (Å²) >= 11 is 0. The van der Waals surface area contributed by atoms with E-state index < -0.39 is 5.97 Å². The first-order valence-electron chi connectivity index (χ1n) is 10.2. The zero-order valence-corrected chi connectivity index (χ0v) is 16.7. The fourth-order valence-electron chi connectivity index (χ4n) is 5.20. The third-order valence-corrected chi connectivity index (χ3v) is 6.36. The van der Waals surface area contributed by atoms with Gasteiger partial charge in [0.25, 0.3) is 0 Å². The Morgan fingerprint density at radius 2 is 1.79 bits per heavy atom. The van der Waals surface area contributed by atoms with Gasteiger partial charge in [0.2, 0.25) is 0 Å². The Labute approximate surface area is 170 Å². The molecule has 148 valence electrons. The van der Waals surface area contributed by atoms with Crippen LogP contribution in [0.5, 0.6) is 5.75 Å². The predicted octanol–water partition coefficient (Wildman–Crippen LogP) is 4.98. The number of hydrogen-bond acceptors (Lipinski definition) is 3. The van der Waals surface area contributed by atoms with Crippen LogP contribution in [0, 0.1) is 13.8 Å². The van der Waals surface area contributed by atoms with Crippen molar-refractivity contribution < 1.29 is 14.6 Å². The molecule has 0 amide bonds. The van der Waals surface area contributed by atoms with Gasteiger partial charge in [-0.1, -0.05) is 6.07 Å². The van der Waals surface area contributed by atoms with Crippen LogP contribution < -0.4 is 4.74 Å². The molecule has 0 spiro atoms. The first-order valence-corrected chi connectivity index (χ1v) is 10.2. The van der Waals surface area contributed by atoms with Gasteiger partial charge in [-0.15, -0.1) is 0 Å². The highest BCUT2D eigenvalue weighted by molar-refractivity contribution is 5.73. The van der Waals surface area contributed by atoms with Gasteiger partial charge in [-0.05, 0) is 86.9 Å². The van der Waals surface area contributed by atoms with E-state index in [4.69, 9.17) is 14.8 Å². The molecule has 5 rings (SSSR count). The minimum Gasteiger partial charge on any atom is -0.482 e. The SMILES string of the molecule is Cc1ccc(C)n1-c1cccc(-c2ccc(OCC(=O)O)c3c2C2CCC3C2)n1. The molecular weight excluding hydrogens is 364 g/mol. The second kappa shape index (κ2) is 6.76. The third kappa shape index (κ3) is 2.92. The number of carboxylic acids is 1. The molecule has 0 radical (unpaired) electrons. The molecule has 0 aliphatic heterocycles. The van der Waals surface area contributed by atoms with E-state index in [1.807, 2.05) is 12.1 Å². The fourth-order valence-corrected chi connectivity index (χ4v) is 5.20. The van der Waals surface area contributed by atoms with Gasteiger partial charge in [0.15, 0.2) is 6.61 Å². The number of aliphatic carboxylic acids is 1. The quantitative estimate of drug-likeness (QED) is 0.669. The summed E-state index contributed by atoms with van der Waals surface area (Å²) < 4.78 is 7.81. The summed E-state index contributed by atoms with van der Waals surface area (Å²) in [6.45, 7) is 3.88. The summed E-state index contributed by atoms with van der Waals surface area (Å²) in [4.78, 5) is 16.0. The lowest BCUT2D eigenvalue weighted by atomic mass is 9.86. The van der Waals surface area contributed by atoms with Crippen molar-refractivity contribution in [2.75, 3.05) is 6.61 Å². The fraction of sp³-hybridized carbons (Fsp3) is 0.333. The van der Waals surface area contributed by atoms with Crippen LogP contribution in [0.15, 0.2) is 42.5 Å². The molecule has 5 heteroatoms. The summed E-state index contributed by atoms with van der Waals surface area (Å²) in [5.41, 5.74) is 6.96. The topological polar surface area (TPSA) is 64.3 Å². The highest BCUT2D eigenvalue weighted by Crippen LogP contribution is 2.58. The van der Waals surface area contributed by atoms with E-state index in [9.17, 15) is 4.79 Å². The van der Waals surface area contributed by atoms with Gasteiger partial charge in [-0.2, -0.15) is 0 Å². The molecule has 2 aromatic heterocycles. The molecule has 1 saturated carbocycles. The number of rotatable bonds is 5. The van der Waals surface area contributed by atoms with E-state index in [1.54, 1.807) is 0 Å². The van der Waals surface area contributed by atoms with Gasteiger partial charge in [0.05, 0.1) is 5.69 Å². The molecular formula is C24H24N2O3. The number of aromatic nitrogens is 2. The second-order valence-corrected chi connectivity index (χ2v) is 8.16. The van der Waals surface area contributed by atoms with E-state index in [2.05, 4.69) is 48.7 Å². The molecule has 2 heterocycles. The number of ether oxygens (including phenoxy) is 1. The zero-order valence-electron chi connectivity index (χ0n) is 16.7. The number of benzene rings is 1. The minimum absolute atomic E-state index is 0.302. The van der Waals surface area contributed by atoms with Crippen LogP contribution in [0.3, 0.4) is 0 Å². The number of aryl methyl sites for hydroxylation is 2. The first kappa shape index (κ1) is 18.0. The van der Waals surface area contributed by atoms with Gasteiger partial charge in [-0.3, -0.25) is 0 Å². The largest absolute Gasteiger partial charge is 0.482 e. The number of hydrogen-bond donors (Lipinski definition) is 1. The van der Waals surface area contributed by atoms with Crippen molar-refractivity contribution >= 4 is 5.97 Å². The first-order chi connectivity index (χ1) is 14.0. The van der Waals surface area contributed by atoms with E-state index in [0.29, 0.717) is 11.8 Å². The van der Waals surface area contributed by atoms with Crippen LogP contribution in [0.4, 0.5) is 0 Å². The smallest absolute Gasteiger partial charge is 0.341 e. The van der Waals surface area contributed by atoms with Gasteiger partial charge in [-0.25, -0.2) is 9.78 Å². The summed E-state index contributed by atoms with van der Waals surface area (Å²) in [5.74, 6) is 1.68. The average molecular weight is 388 g/mol. The Morgan fingerprint density at radius 1 is 1.07 bits per heavy atom. The zero-order chi connectivity index (χ0) is 20.1. The van der Waals surface area contributed by atoms with Gasteiger partial charge < -0.3 is 14.4 Å². The number of carboxylic acid groups (broad SMARTS) is 1. The number of fused-ring (bicyclic) bond motifs is 5. The van der Waals surface area contributed by atoms with Gasteiger partial charge in [0.1, 0.15) is 11.6 Å². The van der Waals surface area contributed by atoms with Crippen LogP contribution >= 0.6 is 0 Å². The Balaban J connectivity index is 1.61. The summed E-state index contributed by atoms with van der Waals surface area (Å²) in [5, 5.41) is 9.02. The van der Waals surface area contributed by atoms with Crippen LogP contribution in [0.25, 0.3) is 17.1 Å². The van der Waals surface area contributed by atoms with E-state index in [-0.39, 0.29) is 6.61 Å².